The first-order chi connectivity index (χ1) is 16.0. The third-order valence-electron chi connectivity index (χ3n) is 5.84. The molecule has 0 saturated carbocycles. The lowest BCUT2D eigenvalue weighted by molar-refractivity contribution is -0.132. The number of nitrogens with zero attached hydrogens (tertiary/aromatic N) is 1. The van der Waals surface area contributed by atoms with E-state index >= 15 is 0 Å². The average Bonchev–Trinajstić information content (AvgIpc) is 2.98. The Morgan fingerprint density at radius 1 is 1.03 bits per heavy atom. The second-order valence-corrected chi connectivity index (χ2v) is 8.13. The highest BCUT2D eigenvalue weighted by molar-refractivity contribution is 5.79. The van der Waals surface area contributed by atoms with Gasteiger partial charge in [0.2, 0.25) is 5.91 Å². The summed E-state index contributed by atoms with van der Waals surface area (Å²) in [5.41, 5.74) is 3.67. The van der Waals surface area contributed by atoms with Gasteiger partial charge >= 0.3 is 0 Å². The van der Waals surface area contributed by atoms with Crippen LogP contribution in [0.15, 0.2) is 66.7 Å². The first-order valence-corrected chi connectivity index (χ1v) is 11.0. The number of hydrogen-bond donors (Lipinski definition) is 0. The van der Waals surface area contributed by atoms with Crippen molar-refractivity contribution < 1.29 is 23.4 Å². The van der Waals surface area contributed by atoms with Gasteiger partial charge in [0, 0.05) is 5.56 Å². The van der Waals surface area contributed by atoms with Gasteiger partial charge in [0.25, 0.3) is 0 Å². The molecule has 172 valence electrons. The predicted molar refractivity (Wildman–Crippen MR) is 124 cm³/mol. The molecule has 3 aromatic carbocycles. The zero-order valence-corrected chi connectivity index (χ0v) is 18.9. The molecule has 0 radical (unpaired) electrons. The Morgan fingerprint density at radius 2 is 1.76 bits per heavy atom. The molecule has 6 heteroatoms. The lowest BCUT2D eigenvalue weighted by Crippen LogP contribution is -2.36. The van der Waals surface area contributed by atoms with Crippen LogP contribution < -0.4 is 9.47 Å². The van der Waals surface area contributed by atoms with Gasteiger partial charge in [-0.25, -0.2) is 4.39 Å². The Bertz CT molecular complexity index is 1100. The summed E-state index contributed by atoms with van der Waals surface area (Å²) in [5.74, 6) is 1.34. The van der Waals surface area contributed by atoms with Crippen molar-refractivity contribution in [2.75, 3.05) is 20.3 Å². The highest BCUT2D eigenvalue weighted by Gasteiger charge is 2.27. The van der Waals surface area contributed by atoms with E-state index in [4.69, 9.17) is 14.2 Å². The first kappa shape index (κ1) is 22.8. The standard InChI is InChI=1S/C27H28FNO4/c1-19-25-15-22(18-32-17-21-4-3-5-23(28)14-21)8-11-26(25)33-13-12-29(19)27(30)16-20-6-9-24(31-2)10-7-20/h3-11,14-15,19H,12-13,16-18H2,1-2H3. The number of amides is 1. The predicted octanol–water partition coefficient (Wildman–Crippen LogP) is 5.08. The van der Waals surface area contributed by atoms with Crippen molar-refractivity contribution in [1.29, 1.82) is 0 Å². The number of fused-ring (bicyclic) bond motifs is 1. The summed E-state index contributed by atoms with van der Waals surface area (Å²) in [6.07, 6.45) is 0.320. The molecule has 1 amide bonds. The molecular weight excluding hydrogens is 421 g/mol. The van der Waals surface area contributed by atoms with Gasteiger partial charge in [-0.2, -0.15) is 0 Å². The summed E-state index contributed by atoms with van der Waals surface area (Å²) in [7, 11) is 1.62. The molecule has 0 aliphatic carbocycles. The second-order valence-electron chi connectivity index (χ2n) is 8.13. The maximum atomic E-state index is 13.4. The average molecular weight is 450 g/mol. The summed E-state index contributed by atoms with van der Waals surface area (Å²) >= 11 is 0. The molecule has 5 nitrogen and oxygen atoms in total. The molecule has 1 atom stereocenters. The molecule has 0 saturated heterocycles. The summed E-state index contributed by atoms with van der Waals surface area (Å²) in [5, 5.41) is 0. The first-order valence-electron chi connectivity index (χ1n) is 11.0. The minimum Gasteiger partial charge on any atom is -0.497 e. The van der Waals surface area contributed by atoms with Crippen molar-refractivity contribution in [2.45, 2.75) is 32.6 Å². The Morgan fingerprint density at radius 3 is 2.48 bits per heavy atom. The Balaban J connectivity index is 1.43. The number of methoxy groups -OCH3 is 1. The maximum absolute atomic E-state index is 13.4. The summed E-state index contributed by atoms with van der Waals surface area (Å²) in [4.78, 5) is 15.0. The van der Waals surface area contributed by atoms with Crippen LogP contribution in [-0.4, -0.2) is 31.1 Å². The number of benzene rings is 3. The fraction of sp³-hybridized carbons (Fsp3) is 0.296. The van der Waals surface area contributed by atoms with E-state index in [-0.39, 0.29) is 17.8 Å². The van der Waals surface area contributed by atoms with Crippen molar-refractivity contribution in [3.63, 3.8) is 0 Å². The van der Waals surface area contributed by atoms with Crippen molar-refractivity contribution in [2.24, 2.45) is 0 Å². The number of carbonyl (C=O) groups excluding carboxylic acids is 1. The lowest BCUT2D eigenvalue weighted by Gasteiger charge is -2.27. The molecule has 0 aromatic heterocycles. The zero-order chi connectivity index (χ0) is 23.2. The molecule has 0 spiro atoms. The molecule has 0 fully saturated rings. The van der Waals surface area contributed by atoms with Gasteiger partial charge in [-0.3, -0.25) is 4.79 Å². The third-order valence-corrected chi connectivity index (χ3v) is 5.84. The van der Waals surface area contributed by atoms with Gasteiger partial charge in [-0.15, -0.1) is 0 Å². The fourth-order valence-corrected chi connectivity index (χ4v) is 4.03. The molecule has 3 aromatic rings. The van der Waals surface area contributed by atoms with E-state index < -0.39 is 0 Å². The van der Waals surface area contributed by atoms with E-state index in [9.17, 15) is 9.18 Å². The molecule has 1 aliphatic rings. The lowest BCUT2D eigenvalue weighted by atomic mass is 10.0. The number of hydrogen-bond acceptors (Lipinski definition) is 4. The Hall–Kier alpha value is -3.38. The van der Waals surface area contributed by atoms with Gasteiger partial charge in [0.15, 0.2) is 0 Å². The molecular formula is C27H28FNO4. The van der Waals surface area contributed by atoms with Gasteiger partial charge in [0.05, 0.1) is 39.3 Å². The molecule has 1 unspecified atom stereocenters. The van der Waals surface area contributed by atoms with E-state index in [0.717, 1.165) is 33.8 Å². The van der Waals surface area contributed by atoms with E-state index in [0.29, 0.717) is 32.8 Å². The summed E-state index contributed by atoms with van der Waals surface area (Å²) in [6, 6.07) is 19.8. The number of ether oxygens (including phenoxy) is 3. The fourth-order valence-electron chi connectivity index (χ4n) is 4.03. The van der Waals surface area contributed by atoms with Crippen LogP contribution in [0.5, 0.6) is 11.5 Å². The van der Waals surface area contributed by atoms with Crippen molar-refractivity contribution in [3.8, 4) is 11.5 Å². The van der Waals surface area contributed by atoms with Crippen LogP contribution in [0.25, 0.3) is 0 Å². The highest BCUT2D eigenvalue weighted by Crippen LogP contribution is 2.33. The van der Waals surface area contributed by atoms with Crippen LogP contribution >= 0.6 is 0 Å². The van der Waals surface area contributed by atoms with Gasteiger partial charge in [-0.1, -0.05) is 30.3 Å². The summed E-state index contributed by atoms with van der Waals surface area (Å²) < 4.78 is 30.3. The van der Waals surface area contributed by atoms with Crippen LogP contribution in [-0.2, 0) is 29.2 Å². The topological polar surface area (TPSA) is 48.0 Å². The smallest absolute Gasteiger partial charge is 0.227 e. The Kier molecular flexibility index (Phi) is 7.25. The molecule has 33 heavy (non-hydrogen) atoms. The van der Waals surface area contributed by atoms with Crippen LogP contribution in [0, 0.1) is 5.82 Å². The molecule has 1 aliphatic heterocycles. The second kappa shape index (κ2) is 10.5. The quantitative estimate of drug-likeness (QED) is 0.505. The van der Waals surface area contributed by atoms with Crippen LogP contribution in [0.1, 0.15) is 35.2 Å². The summed E-state index contributed by atoms with van der Waals surface area (Å²) in [6.45, 7) is 3.71. The monoisotopic (exact) mass is 449 g/mol. The molecule has 1 heterocycles. The van der Waals surface area contributed by atoms with Crippen molar-refractivity contribution >= 4 is 5.91 Å². The van der Waals surface area contributed by atoms with Crippen molar-refractivity contribution in [3.05, 3.63) is 94.8 Å². The minimum absolute atomic E-state index is 0.0527. The normalized spacial score (nSPS) is 15.4. The van der Waals surface area contributed by atoms with E-state index in [1.54, 1.807) is 13.2 Å². The van der Waals surface area contributed by atoms with E-state index in [2.05, 4.69) is 0 Å². The van der Waals surface area contributed by atoms with Gasteiger partial charge < -0.3 is 19.1 Å². The van der Waals surface area contributed by atoms with Gasteiger partial charge in [-0.05, 0) is 60.0 Å². The van der Waals surface area contributed by atoms with E-state index in [1.807, 2.05) is 60.4 Å². The third kappa shape index (κ3) is 5.71. The number of rotatable bonds is 7. The largest absolute Gasteiger partial charge is 0.497 e. The Labute approximate surface area is 193 Å². The van der Waals surface area contributed by atoms with Crippen LogP contribution in [0.4, 0.5) is 4.39 Å². The van der Waals surface area contributed by atoms with E-state index in [1.165, 1.54) is 12.1 Å². The SMILES string of the molecule is COc1ccc(CC(=O)N2CCOc3ccc(COCc4cccc(F)c4)cc3C2C)cc1. The van der Waals surface area contributed by atoms with Crippen molar-refractivity contribution in [1.82, 2.24) is 4.90 Å². The highest BCUT2D eigenvalue weighted by atomic mass is 19.1. The van der Waals surface area contributed by atoms with Crippen LogP contribution in [0.2, 0.25) is 0 Å². The zero-order valence-electron chi connectivity index (χ0n) is 18.9. The molecule has 4 rings (SSSR count). The molecule has 0 N–H and O–H groups in total. The minimum atomic E-state index is -0.272. The van der Waals surface area contributed by atoms with Gasteiger partial charge in [0.1, 0.15) is 23.9 Å². The number of carbonyl (C=O) groups is 1. The number of halogens is 1. The van der Waals surface area contributed by atoms with Crippen LogP contribution in [0.3, 0.4) is 0 Å². The maximum Gasteiger partial charge on any atom is 0.227 e. The molecule has 0 bridgehead atoms.